The maximum Gasteiger partial charge on any atom is 0.326 e. The predicted octanol–water partition coefficient (Wildman–Crippen LogP) is -2.46. The van der Waals surface area contributed by atoms with E-state index >= 15 is 0 Å². The Bertz CT molecular complexity index is 466. The number of hydrogen-bond donors (Lipinski definition) is 6. The van der Waals surface area contributed by atoms with Gasteiger partial charge in [-0.3, -0.25) is 14.4 Å². The third-order valence-electron chi connectivity index (χ3n) is 2.99. The van der Waals surface area contributed by atoms with Crippen LogP contribution in [0, 0.1) is 5.92 Å². The molecule has 0 bridgehead atoms. The van der Waals surface area contributed by atoms with Crippen molar-refractivity contribution in [2.75, 3.05) is 13.2 Å². The molecule has 0 heterocycles. The second kappa shape index (κ2) is 10.6. The quantitative estimate of drug-likeness (QED) is 0.255. The summed E-state index contributed by atoms with van der Waals surface area (Å²) in [7, 11) is 0. The largest absolute Gasteiger partial charge is 0.480 e. The van der Waals surface area contributed by atoms with E-state index in [-0.39, 0.29) is 12.3 Å². The first-order chi connectivity index (χ1) is 11.1. The normalized spacial score (nSPS) is 14.4. The van der Waals surface area contributed by atoms with Crippen LogP contribution < -0.4 is 21.7 Å². The Kier molecular flexibility index (Phi) is 9.58. The van der Waals surface area contributed by atoms with Gasteiger partial charge in [-0.25, -0.2) is 4.79 Å². The lowest BCUT2D eigenvalue weighted by Gasteiger charge is -2.21. The molecule has 0 rings (SSSR count). The fourth-order valence-corrected chi connectivity index (χ4v) is 1.73. The third kappa shape index (κ3) is 8.44. The summed E-state index contributed by atoms with van der Waals surface area (Å²) in [5.74, 6) is -3.25. The molecule has 0 aromatic rings. The van der Waals surface area contributed by atoms with Crippen LogP contribution >= 0.6 is 0 Å². The van der Waals surface area contributed by atoms with Gasteiger partial charge in [0.15, 0.2) is 0 Å². The molecule has 0 aliphatic carbocycles. The predicted molar refractivity (Wildman–Crippen MR) is 84.7 cm³/mol. The average Bonchev–Trinajstić information content (AvgIpc) is 2.48. The number of aliphatic hydroxyl groups excluding tert-OH is 1. The summed E-state index contributed by atoms with van der Waals surface area (Å²) in [6.07, 6.45) is 0.206. The number of carbonyl (C=O) groups is 4. The number of aliphatic hydroxyl groups is 1. The van der Waals surface area contributed by atoms with E-state index in [1.807, 2.05) is 0 Å². The standard InChI is InChI=1S/C14H26N4O6/c1-7(2)4-9(14(23)24)18-13(22)10(6-19)17-11(20)5-16-12(21)8(3)15/h7-10,19H,4-6,15H2,1-3H3,(H,16,21)(H,17,20)(H,18,22)(H,23,24). The monoisotopic (exact) mass is 346 g/mol. The first kappa shape index (κ1) is 21.8. The van der Waals surface area contributed by atoms with Crippen molar-refractivity contribution in [2.24, 2.45) is 11.7 Å². The molecule has 0 saturated heterocycles. The summed E-state index contributed by atoms with van der Waals surface area (Å²) in [6.45, 7) is 3.91. The van der Waals surface area contributed by atoms with Gasteiger partial charge in [0.1, 0.15) is 12.1 Å². The zero-order valence-electron chi connectivity index (χ0n) is 14.0. The molecule has 0 aromatic heterocycles. The molecule has 10 nitrogen and oxygen atoms in total. The van der Waals surface area contributed by atoms with Gasteiger partial charge in [-0.2, -0.15) is 0 Å². The minimum Gasteiger partial charge on any atom is -0.480 e. The van der Waals surface area contributed by atoms with Crippen LogP contribution in [0.4, 0.5) is 0 Å². The van der Waals surface area contributed by atoms with E-state index in [0.29, 0.717) is 0 Å². The van der Waals surface area contributed by atoms with Gasteiger partial charge in [-0.05, 0) is 19.3 Å². The van der Waals surface area contributed by atoms with Crippen LogP contribution in [0.2, 0.25) is 0 Å². The first-order valence-corrected chi connectivity index (χ1v) is 7.55. The minimum atomic E-state index is -1.32. The molecule has 10 heteroatoms. The van der Waals surface area contributed by atoms with Crippen LogP contribution in [-0.4, -0.2) is 65.2 Å². The van der Waals surface area contributed by atoms with Crippen LogP contribution in [0.5, 0.6) is 0 Å². The molecular formula is C14H26N4O6. The number of aliphatic carboxylic acids is 1. The Balaban J connectivity index is 4.60. The van der Waals surface area contributed by atoms with Gasteiger partial charge in [0, 0.05) is 0 Å². The summed E-state index contributed by atoms with van der Waals surface area (Å²) in [5, 5.41) is 25.0. The van der Waals surface area contributed by atoms with Crippen molar-refractivity contribution < 1.29 is 29.4 Å². The second-order valence-electron chi connectivity index (χ2n) is 5.84. The van der Waals surface area contributed by atoms with Gasteiger partial charge in [-0.15, -0.1) is 0 Å². The number of hydrogen-bond acceptors (Lipinski definition) is 6. The molecule has 0 spiro atoms. The number of amides is 3. The van der Waals surface area contributed by atoms with Crippen LogP contribution in [0.3, 0.4) is 0 Å². The molecule has 3 amide bonds. The SMILES string of the molecule is CC(C)CC(NC(=O)C(CO)NC(=O)CNC(=O)C(C)N)C(=O)O. The lowest BCUT2D eigenvalue weighted by Crippen LogP contribution is -2.55. The van der Waals surface area contributed by atoms with E-state index in [4.69, 9.17) is 10.8 Å². The number of nitrogens with two attached hydrogens (primary N) is 1. The van der Waals surface area contributed by atoms with Crippen molar-refractivity contribution in [3.8, 4) is 0 Å². The highest BCUT2D eigenvalue weighted by atomic mass is 16.4. The zero-order chi connectivity index (χ0) is 18.9. The first-order valence-electron chi connectivity index (χ1n) is 7.55. The van der Waals surface area contributed by atoms with Crippen LogP contribution in [0.25, 0.3) is 0 Å². The highest BCUT2D eigenvalue weighted by Gasteiger charge is 2.26. The van der Waals surface area contributed by atoms with Gasteiger partial charge >= 0.3 is 5.97 Å². The van der Waals surface area contributed by atoms with Crippen LogP contribution in [-0.2, 0) is 19.2 Å². The Labute approximate surface area is 140 Å². The number of rotatable bonds is 10. The minimum absolute atomic E-state index is 0.0297. The Morgan fingerprint density at radius 1 is 1.00 bits per heavy atom. The van der Waals surface area contributed by atoms with Crippen molar-refractivity contribution in [3.05, 3.63) is 0 Å². The number of carboxylic acid groups (broad SMARTS) is 1. The van der Waals surface area contributed by atoms with Crippen molar-refractivity contribution >= 4 is 23.7 Å². The number of carbonyl (C=O) groups excluding carboxylic acids is 3. The van der Waals surface area contributed by atoms with E-state index < -0.39 is 55.0 Å². The fraction of sp³-hybridized carbons (Fsp3) is 0.714. The van der Waals surface area contributed by atoms with E-state index in [1.165, 1.54) is 6.92 Å². The Morgan fingerprint density at radius 3 is 2.00 bits per heavy atom. The molecule has 0 fully saturated rings. The molecule has 0 aliphatic heterocycles. The van der Waals surface area contributed by atoms with Crippen molar-refractivity contribution in [2.45, 2.75) is 45.3 Å². The molecule has 7 N–H and O–H groups in total. The highest BCUT2D eigenvalue weighted by molar-refractivity contribution is 5.92. The fourth-order valence-electron chi connectivity index (χ4n) is 1.73. The van der Waals surface area contributed by atoms with Gasteiger partial charge in [-0.1, -0.05) is 13.8 Å². The molecule has 24 heavy (non-hydrogen) atoms. The average molecular weight is 346 g/mol. The summed E-state index contributed by atoms with van der Waals surface area (Å²) < 4.78 is 0. The van der Waals surface area contributed by atoms with E-state index in [9.17, 15) is 24.3 Å². The van der Waals surface area contributed by atoms with E-state index in [0.717, 1.165) is 0 Å². The maximum atomic E-state index is 12.0. The summed E-state index contributed by atoms with van der Waals surface area (Å²) >= 11 is 0. The molecular weight excluding hydrogens is 320 g/mol. The molecule has 3 unspecified atom stereocenters. The molecule has 138 valence electrons. The Hall–Kier alpha value is -2.20. The van der Waals surface area contributed by atoms with Crippen molar-refractivity contribution in [3.63, 3.8) is 0 Å². The second-order valence-corrected chi connectivity index (χ2v) is 5.84. The molecule has 3 atom stereocenters. The summed E-state index contributed by atoms with van der Waals surface area (Å²) in [5.41, 5.74) is 5.32. The van der Waals surface area contributed by atoms with Crippen LogP contribution in [0.15, 0.2) is 0 Å². The molecule has 0 aromatic carbocycles. The number of nitrogens with one attached hydrogen (secondary N) is 3. The lowest BCUT2D eigenvalue weighted by molar-refractivity contribution is -0.143. The van der Waals surface area contributed by atoms with Gasteiger partial charge < -0.3 is 31.9 Å². The van der Waals surface area contributed by atoms with E-state index in [2.05, 4.69) is 16.0 Å². The third-order valence-corrected chi connectivity index (χ3v) is 2.99. The number of carboxylic acids is 1. The zero-order valence-corrected chi connectivity index (χ0v) is 14.0. The highest BCUT2D eigenvalue weighted by Crippen LogP contribution is 2.05. The maximum absolute atomic E-state index is 12.0. The molecule has 0 radical (unpaired) electrons. The summed E-state index contributed by atoms with van der Waals surface area (Å²) in [6, 6.07) is -3.23. The molecule has 0 aliphatic rings. The van der Waals surface area contributed by atoms with Crippen LogP contribution in [0.1, 0.15) is 27.2 Å². The van der Waals surface area contributed by atoms with Crippen molar-refractivity contribution in [1.82, 2.24) is 16.0 Å². The van der Waals surface area contributed by atoms with Crippen molar-refractivity contribution in [1.29, 1.82) is 0 Å². The van der Waals surface area contributed by atoms with Gasteiger partial charge in [0.05, 0.1) is 19.2 Å². The molecule has 0 saturated carbocycles. The van der Waals surface area contributed by atoms with Gasteiger partial charge in [0.2, 0.25) is 17.7 Å². The lowest BCUT2D eigenvalue weighted by atomic mass is 10.0. The Morgan fingerprint density at radius 2 is 1.58 bits per heavy atom. The topological polar surface area (TPSA) is 171 Å². The van der Waals surface area contributed by atoms with E-state index in [1.54, 1.807) is 13.8 Å². The summed E-state index contributed by atoms with van der Waals surface area (Å²) in [4.78, 5) is 46.0. The smallest absolute Gasteiger partial charge is 0.326 e. The van der Waals surface area contributed by atoms with Gasteiger partial charge in [0.25, 0.3) is 0 Å².